The molecular formula is C31H27P. The van der Waals surface area contributed by atoms with E-state index >= 15 is 0 Å². The third kappa shape index (κ3) is 3.99. The second kappa shape index (κ2) is 9.11. The molecule has 0 radical (unpaired) electrons. The molecule has 0 amide bonds. The summed E-state index contributed by atoms with van der Waals surface area (Å²) in [6, 6.07) is 37.5. The summed E-state index contributed by atoms with van der Waals surface area (Å²) in [4.78, 5) is 0. The van der Waals surface area contributed by atoms with Crippen LogP contribution in [0.4, 0.5) is 0 Å². The summed E-state index contributed by atoms with van der Waals surface area (Å²) in [5.41, 5.74) is 8.13. The molecule has 4 aromatic rings. The lowest BCUT2D eigenvalue weighted by atomic mass is 10.0. The van der Waals surface area contributed by atoms with Gasteiger partial charge in [-0.2, -0.15) is 0 Å². The fourth-order valence-electron chi connectivity index (χ4n) is 4.50. The van der Waals surface area contributed by atoms with Crippen LogP contribution in [0.1, 0.15) is 28.7 Å². The zero-order valence-electron chi connectivity index (χ0n) is 18.6. The highest BCUT2D eigenvalue weighted by Crippen LogP contribution is 2.40. The molecule has 0 saturated heterocycles. The van der Waals surface area contributed by atoms with E-state index in [-0.39, 0.29) is 0 Å². The average molecular weight is 431 g/mol. The first-order chi connectivity index (χ1) is 15.7. The van der Waals surface area contributed by atoms with E-state index in [4.69, 9.17) is 0 Å². The normalized spacial score (nSPS) is 13.2. The van der Waals surface area contributed by atoms with Crippen LogP contribution in [-0.2, 0) is 0 Å². The Balaban J connectivity index is 1.65. The van der Waals surface area contributed by atoms with E-state index in [9.17, 15) is 0 Å². The Hall–Kier alpha value is -3.21. The monoisotopic (exact) mass is 430 g/mol. The van der Waals surface area contributed by atoms with Crippen molar-refractivity contribution in [3.63, 3.8) is 0 Å². The lowest BCUT2D eigenvalue weighted by molar-refractivity contribution is 1.44. The van der Waals surface area contributed by atoms with Crippen molar-refractivity contribution in [1.29, 1.82) is 0 Å². The molecule has 1 heteroatoms. The Labute approximate surface area is 192 Å². The number of hydrogen-bond donors (Lipinski definition) is 0. The zero-order chi connectivity index (χ0) is 21.9. The second-order valence-electron chi connectivity index (χ2n) is 8.32. The summed E-state index contributed by atoms with van der Waals surface area (Å²) in [6.45, 7) is 4.49. The van der Waals surface area contributed by atoms with Crippen LogP contribution in [0.25, 0.3) is 11.1 Å². The molecule has 0 aliphatic heterocycles. The molecule has 156 valence electrons. The first-order valence-electron chi connectivity index (χ1n) is 11.2. The molecule has 0 fully saturated rings. The third-order valence-corrected chi connectivity index (χ3v) is 9.02. The Kier molecular flexibility index (Phi) is 5.89. The lowest BCUT2D eigenvalue weighted by Crippen LogP contribution is -2.26. The Morgan fingerprint density at radius 2 is 1.09 bits per heavy atom. The Morgan fingerprint density at radius 1 is 0.562 bits per heavy atom. The molecule has 0 aromatic heterocycles. The van der Waals surface area contributed by atoms with Gasteiger partial charge >= 0.3 is 0 Å². The van der Waals surface area contributed by atoms with Gasteiger partial charge < -0.3 is 0 Å². The summed E-state index contributed by atoms with van der Waals surface area (Å²) in [7, 11) is -0.657. The van der Waals surface area contributed by atoms with Gasteiger partial charge in [0, 0.05) is 0 Å². The van der Waals surface area contributed by atoms with Gasteiger partial charge in [0.2, 0.25) is 0 Å². The number of hydrogen-bond acceptors (Lipinski definition) is 0. The fourth-order valence-corrected chi connectivity index (χ4v) is 7.30. The van der Waals surface area contributed by atoms with Crippen LogP contribution >= 0.6 is 7.92 Å². The highest BCUT2D eigenvalue weighted by Gasteiger charge is 2.24. The smallest absolute Gasteiger partial charge is 0.00756 e. The Morgan fingerprint density at radius 3 is 1.72 bits per heavy atom. The lowest BCUT2D eigenvalue weighted by Gasteiger charge is -2.25. The summed E-state index contributed by atoms with van der Waals surface area (Å²) >= 11 is 0. The van der Waals surface area contributed by atoms with E-state index in [2.05, 4.69) is 129 Å². The molecule has 32 heavy (non-hydrogen) atoms. The van der Waals surface area contributed by atoms with Crippen molar-refractivity contribution in [3.8, 4) is 0 Å². The zero-order valence-corrected chi connectivity index (χ0v) is 19.5. The predicted octanol–water partition coefficient (Wildman–Crippen LogP) is 6.93. The molecule has 0 N–H and O–H groups in total. The minimum absolute atomic E-state index is 0.657. The molecule has 4 aromatic carbocycles. The maximum absolute atomic E-state index is 2.39. The molecule has 0 saturated carbocycles. The van der Waals surface area contributed by atoms with Crippen LogP contribution in [0, 0.1) is 13.8 Å². The molecule has 0 atom stereocenters. The molecule has 0 bridgehead atoms. The molecule has 0 nitrogen and oxygen atoms in total. The van der Waals surface area contributed by atoms with Gasteiger partial charge in [0.15, 0.2) is 0 Å². The highest BCUT2D eigenvalue weighted by atomic mass is 31.1. The van der Waals surface area contributed by atoms with Crippen molar-refractivity contribution in [2.45, 2.75) is 20.3 Å². The van der Waals surface area contributed by atoms with Gasteiger partial charge in [0.25, 0.3) is 0 Å². The summed E-state index contributed by atoms with van der Waals surface area (Å²) in [6.07, 6.45) is 5.73. The van der Waals surface area contributed by atoms with Crippen LogP contribution in [0.5, 0.6) is 0 Å². The van der Waals surface area contributed by atoms with Crippen molar-refractivity contribution >= 4 is 35.0 Å². The van der Waals surface area contributed by atoms with Crippen molar-refractivity contribution in [1.82, 2.24) is 0 Å². The van der Waals surface area contributed by atoms with Crippen molar-refractivity contribution in [2.24, 2.45) is 0 Å². The maximum atomic E-state index is 2.39. The molecule has 0 spiro atoms. The van der Waals surface area contributed by atoms with E-state index < -0.39 is 7.92 Å². The van der Waals surface area contributed by atoms with Gasteiger partial charge in [0.1, 0.15) is 0 Å². The molecular weight excluding hydrogens is 403 g/mol. The maximum Gasteiger partial charge on any atom is -0.00756 e. The number of benzene rings is 4. The fraction of sp³-hybridized carbons (Fsp3) is 0.0968. The molecule has 0 heterocycles. The minimum Gasteiger partial charge on any atom is -0.0722 e. The van der Waals surface area contributed by atoms with E-state index in [0.29, 0.717) is 0 Å². The quantitative estimate of drug-likeness (QED) is 0.301. The number of allylic oxidation sites excluding steroid dienone is 4. The second-order valence-corrected chi connectivity index (χ2v) is 10.4. The predicted molar refractivity (Wildman–Crippen MR) is 142 cm³/mol. The van der Waals surface area contributed by atoms with Crippen LogP contribution < -0.4 is 15.9 Å². The van der Waals surface area contributed by atoms with Crippen molar-refractivity contribution in [3.05, 3.63) is 138 Å². The summed E-state index contributed by atoms with van der Waals surface area (Å²) < 4.78 is 0. The molecule has 5 rings (SSSR count). The van der Waals surface area contributed by atoms with E-state index in [1.165, 1.54) is 49.3 Å². The molecule has 1 aliphatic rings. The van der Waals surface area contributed by atoms with E-state index in [1.54, 1.807) is 0 Å². The summed E-state index contributed by atoms with van der Waals surface area (Å²) in [5.74, 6) is 0. The molecule has 1 aliphatic carbocycles. The van der Waals surface area contributed by atoms with Crippen LogP contribution in [0.2, 0.25) is 0 Å². The first kappa shape index (κ1) is 20.7. The average Bonchev–Trinajstić information content (AvgIpc) is 3.33. The van der Waals surface area contributed by atoms with Gasteiger partial charge in [-0.15, -0.1) is 0 Å². The van der Waals surface area contributed by atoms with E-state index in [1.807, 2.05) is 0 Å². The molecule has 0 unspecified atom stereocenters. The third-order valence-electron chi connectivity index (χ3n) is 6.18. The first-order valence-corrected chi connectivity index (χ1v) is 12.5. The van der Waals surface area contributed by atoms with Crippen LogP contribution in [0.3, 0.4) is 0 Å². The highest BCUT2D eigenvalue weighted by molar-refractivity contribution is 7.80. The summed E-state index contributed by atoms with van der Waals surface area (Å²) in [5, 5.41) is 4.33. The topological polar surface area (TPSA) is 0 Å². The Bertz CT molecular complexity index is 1270. The largest absolute Gasteiger partial charge is 0.0722 e. The van der Waals surface area contributed by atoms with Crippen molar-refractivity contribution in [2.75, 3.05) is 0 Å². The van der Waals surface area contributed by atoms with E-state index in [0.717, 1.165) is 6.42 Å². The van der Waals surface area contributed by atoms with Gasteiger partial charge in [-0.25, -0.2) is 0 Å². The van der Waals surface area contributed by atoms with Gasteiger partial charge in [0.05, 0.1) is 0 Å². The minimum atomic E-state index is -0.657. The van der Waals surface area contributed by atoms with Crippen molar-refractivity contribution < 1.29 is 0 Å². The van der Waals surface area contributed by atoms with Crippen LogP contribution in [-0.4, -0.2) is 0 Å². The van der Waals surface area contributed by atoms with Gasteiger partial charge in [-0.1, -0.05) is 115 Å². The van der Waals surface area contributed by atoms with Gasteiger partial charge in [-0.05, 0) is 77.5 Å². The standard InChI is InChI=1S/C31H27P/c1-23-12-6-9-17-29(23)32(30-18-10-7-13-24(30)2)31-19-11-8-16-28(31)27-21-20-26(22-27)25-14-4-3-5-15-25/h3-20,22H,21H2,1-2H3. The van der Waals surface area contributed by atoms with Gasteiger partial charge in [-0.3, -0.25) is 0 Å². The SMILES string of the molecule is Cc1ccccc1P(c1ccccc1C)c1ccccc1C1=CC(c2ccccc2)=CC1. The number of rotatable bonds is 5. The van der Waals surface area contributed by atoms with Crippen LogP contribution in [0.15, 0.2) is 115 Å². The number of aryl methyl sites for hydroxylation is 2.